The second-order valence-corrected chi connectivity index (χ2v) is 4.55. The van der Waals surface area contributed by atoms with Crippen LogP contribution in [0.3, 0.4) is 0 Å². The molecule has 0 spiro atoms. The van der Waals surface area contributed by atoms with E-state index in [1.54, 1.807) is 28.2 Å². The average molecular weight is 211 g/mol. The van der Waals surface area contributed by atoms with Crippen LogP contribution in [-0.4, -0.2) is 16.7 Å². The number of thiazole rings is 1. The zero-order chi connectivity index (χ0) is 9.10. The van der Waals surface area contributed by atoms with Gasteiger partial charge in [-0.25, -0.2) is 0 Å². The normalized spacial score (nSPS) is 13.0. The Balaban J connectivity index is 2.29. The van der Waals surface area contributed by atoms with Crippen molar-refractivity contribution >= 4 is 22.7 Å². The fourth-order valence-electron chi connectivity index (χ4n) is 1.21. The van der Waals surface area contributed by atoms with Gasteiger partial charge in [0, 0.05) is 16.0 Å². The average Bonchev–Trinajstić information content (AvgIpc) is 2.76. The molecule has 13 heavy (non-hydrogen) atoms. The van der Waals surface area contributed by atoms with E-state index in [9.17, 15) is 5.11 Å². The van der Waals surface area contributed by atoms with Crippen molar-refractivity contribution in [3.63, 3.8) is 0 Å². The molecule has 68 valence electrons. The largest absolute Gasteiger partial charge is 0.395 e. The molecule has 0 fully saturated rings. The van der Waals surface area contributed by atoms with Gasteiger partial charge in [0.05, 0.1) is 18.0 Å². The van der Waals surface area contributed by atoms with Crippen molar-refractivity contribution in [1.82, 2.24) is 4.98 Å². The van der Waals surface area contributed by atoms with E-state index in [-0.39, 0.29) is 12.5 Å². The summed E-state index contributed by atoms with van der Waals surface area (Å²) < 4.78 is 0. The predicted octanol–water partition coefficient (Wildman–Crippen LogP) is 2.33. The van der Waals surface area contributed by atoms with Crippen LogP contribution in [0, 0.1) is 0 Å². The third-order valence-corrected chi connectivity index (χ3v) is 3.74. The van der Waals surface area contributed by atoms with Crippen molar-refractivity contribution in [3.8, 4) is 0 Å². The summed E-state index contributed by atoms with van der Waals surface area (Å²) in [4.78, 5) is 6.34. The molecule has 1 N–H and O–H groups in total. The lowest BCUT2D eigenvalue weighted by Crippen LogP contribution is -2.01. The lowest BCUT2D eigenvalue weighted by atomic mass is 10.1. The number of rotatable bonds is 3. The van der Waals surface area contributed by atoms with Gasteiger partial charge in [0.2, 0.25) is 0 Å². The van der Waals surface area contributed by atoms with Crippen LogP contribution in [0.5, 0.6) is 0 Å². The topological polar surface area (TPSA) is 33.1 Å². The molecular weight excluding hydrogens is 202 g/mol. The molecule has 2 aromatic rings. The molecule has 2 heterocycles. The van der Waals surface area contributed by atoms with Crippen molar-refractivity contribution < 1.29 is 5.11 Å². The summed E-state index contributed by atoms with van der Waals surface area (Å²) in [7, 11) is 0. The summed E-state index contributed by atoms with van der Waals surface area (Å²) in [6.07, 6.45) is 1.82. The minimum Gasteiger partial charge on any atom is -0.395 e. The molecule has 4 heteroatoms. The fourth-order valence-corrected chi connectivity index (χ4v) is 2.85. The molecule has 0 aliphatic rings. The van der Waals surface area contributed by atoms with E-state index in [4.69, 9.17) is 0 Å². The molecule has 2 rings (SSSR count). The summed E-state index contributed by atoms with van der Waals surface area (Å²) in [6, 6.07) is 4.05. The third-order valence-electron chi connectivity index (χ3n) is 1.86. The van der Waals surface area contributed by atoms with E-state index in [1.807, 2.05) is 23.7 Å². The molecule has 0 aliphatic carbocycles. The molecular formula is C9H9NOS2. The SMILES string of the molecule is OCC(c1cccs1)c1cncs1. The third kappa shape index (κ3) is 1.80. The Kier molecular flexibility index (Phi) is 2.73. The van der Waals surface area contributed by atoms with Gasteiger partial charge < -0.3 is 5.11 Å². The fraction of sp³-hybridized carbons (Fsp3) is 0.222. The van der Waals surface area contributed by atoms with E-state index >= 15 is 0 Å². The molecule has 0 saturated carbocycles. The van der Waals surface area contributed by atoms with Gasteiger partial charge in [0.25, 0.3) is 0 Å². The highest BCUT2D eigenvalue weighted by atomic mass is 32.1. The monoisotopic (exact) mass is 211 g/mol. The summed E-state index contributed by atoms with van der Waals surface area (Å²) in [5.41, 5.74) is 1.80. The smallest absolute Gasteiger partial charge is 0.0794 e. The molecule has 0 saturated heterocycles. The van der Waals surface area contributed by atoms with Crippen LogP contribution >= 0.6 is 22.7 Å². The lowest BCUT2D eigenvalue weighted by molar-refractivity contribution is 0.283. The van der Waals surface area contributed by atoms with Crippen molar-refractivity contribution in [1.29, 1.82) is 0 Å². The zero-order valence-corrected chi connectivity index (χ0v) is 8.52. The Morgan fingerprint density at radius 2 is 2.31 bits per heavy atom. The van der Waals surface area contributed by atoms with Gasteiger partial charge in [-0.15, -0.1) is 22.7 Å². The molecule has 0 aliphatic heterocycles. The summed E-state index contributed by atoms with van der Waals surface area (Å²) >= 11 is 3.26. The van der Waals surface area contributed by atoms with Gasteiger partial charge in [0.1, 0.15) is 0 Å². The summed E-state index contributed by atoms with van der Waals surface area (Å²) in [5.74, 6) is 0.118. The van der Waals surface area contributed by atoms with Crippen LogP contribution in [0.2, 0.25) is 0 Å². The van der Waals surface area contributed by atoms with E-state index in [0.717, 1.165) is 4.88 Å². The molecule has 0 radical (unpaired) electrons. The van der Waals surface area contributed by atoms with Crippen molar-refractivity contribution in [2.24, 2.45) is 0 Å². The van der Waals surface area contributed by atoms with Gasteiger partial charge >= 0.3 is 0 Å². The van der Waals surface area contributed by atoms with Crippen LogP contribution in [0.15, 0.2) is 29.2 Å². The Hall–Kier alpha value is -0.710. The number of aliphatic hydroxyl groups is 1. The second-order valence-electron chi connectivity index (χ2n) is 2.65. The first kappa shape index (κ1) is 8.87. The first-order valence-electron chi connectivity index (χ1n) is 3.94. The van der Waals surface area contributed by atoms with E-state index in [0.29, 0.717) is 0 Å². The Labute approximate surface area is 84.5 Å². The Bertz CT molecular complexity index is 307. The first-order chi connectivity index (χ1) is 6.42. The molecule has 0 amide bonds. The lowest BCUT2D eigenvalue weighted by Gasteiger charge is -2.08. The minimum absolute atomic E-state index is 0.118. The van der Waals surface area contributed by atoms with Crippen molar-refractivity contribution in [2.75, 3.05) is 6.61 Å². The zero-order valence-electron chi connectivity index (χ0n) is 6.88. The number of aliphatic hydroxyl groups excluding tert-OH is 1. The van der Waals surface area contributed by atoms with Gasteiger partial charge in [-0.1, -0.05) is 6.07 Å². The number of hydrogen-bond donors (Lipinski definition) is 1. The van der Waals surface area contributed by atoms with Crippen LogP contribution < -0.4 is 0 Å². The van der Waals surface area contributed by atoms with Crippen molar-refractivity contribution in [3.05, 3.63) is 39.0 Å². The molecule has 2 aromatic heterocycles. The maximum absolute atomic E-state index is 9.26. The first-order valence-corrected chi connectivity index (χ1v) is 5.70. The highest BCUT2D eigenvalue weighted by molar-refractivity contribution is 7.11. The molecule has 2 nitrogen and oxygen atoms in total. The van der Waals surface area contributed by atoms with Gasteiger partial charge in [0.15, 0.2) is 0 Å². The maximum atomic E-state index is 9.26. The van der Waals surface area contributed by atoms with E-state index < -0.39 is 0 Å². The van der Waals surface area contributed by atoms with Crippen LogP contribution in [0.4, 0.5) is 0 Å². The highest BCUT2D eigenvalue weighted by Crippen LogP contribution is 2.29. The van der Waals surface area contributed by atoms with Gasteiger partial charge in [-0.05, 0) is 11.4 Å². The number of thiophene rings is 1. The number of hydrogen-bond acceptors (Lipinski definition) is 4. The molecule has 1 unspecified atom stereocenters. The molecule has 0 aromatic carbocycles. The Morgan fingerprint density at radius 1 is 1.38 bits per heavy atom. The highest BCUT2D eigenvalue weighted by Gasteiger charge is 2.14. The Morgan fingerprint density at radius 3 is 2.85 bits per heavy atom. The summed E-state index contributed by atoms with van der Waals surface area (Å²) in [6.45, 7) is 0.155. The van der Waals surface area contributed by atoms with Crippen LogP contribution in [0.25, 0.3) is 0 Å². The molecule has 0 bridgehead atoms. The van der Waals surface area contributed by atoms with E-state index in [1.165, 1.54) is 4.88 Å². The number of nitrogens with zero attached hydrogens (tertiary/aromatic N) is 1. The summed E-state index contributed by atoms with van der Waals surface area (Å²) in [5, 5.41) is 11.3. The maximum Gasteiger partial charge on any atom is 0.0794 e. The van der Waals surface area contributed by atoms with Gasteiger partial charge in [-0.3, -0.25) is 4.98 Å². The van der Waals surface area contributed by atoms with Crippen LogP contribution in [0.1, 0.15) is 15.7 Å². The van der Waals surface area contributed by atoms with E-state index in [2.05, 4.69) is 4.98 Å². The minimum atomic E-state index is 0.118. The second kappa shape index (κ2) is 4.00. The quantitative estimate of drug-likeness (QED) is 0.845. The number of aromatic nitrogens is 1. The predicted molar refractivity (Wildman–Crippen MR) is 55.4 cm³/mol. The molecule has 1 atom stereocenters. The standard InChI is InChI=1S/C9H9NOS2/c11-5-7(8-2-1-3-12-8)9-4-10-6-13-9/h1-4,6-7,11H,5H2. The van der Waals surface area contributed by atoms with Crippen molar-refractivity contribution in [2.45, 2.75) is 5.92 Å². The van der Waals surface area contributed by atoms with Gasteiger partial charge in [-0.2, -0.15) is 0 Å². The van der Waals surface area contributed by atoms with Crippen LogP contribution in [-0.2, 0) is 0 Å².